The van der Waals surface area contributed by atoms with E-state index in [9.17, 15) is 19.5 Å². The summed E-state index contributed by atoms with van der Waals surface area (Å²) in [5, 5.41) is 14.7. The monoisotopic (exact) mass is 495 g/mol. The lowest BCUT2D eigenvalue weighted by Gasteiger charge is -2.14. The molecule has 1 aliphatic rings. The number of carboxylic acid groups (broad SMARTS) is 1. The molecule has 0 bridgehead atoms. The number of methoxy groups -OCH3 is 1. The number of alkyl carbamates (subject to hydrolysis) is 1. The van der Waals surface area contributed by atoms with E-state index in [4.69, 9.17) is 9.47 Å². The number of rotatable bonds is 9. The van der Waals surface area contributed by atoms with Crippen molar-refractivity contribution in [2.45, 2.75) is 25.4 Å². The second-order valence-electron chi connectivity index (χ2n) is 8.01. The highest BCUT2D eigenvalue weighted by atomic mass is 32.1. The first kappa shape index (κ1) is 24.4. The number of hydrogen-bond acceptors (Lipinski definition) is 7. The van der Waals surface area contributed by atoms with Crippen molar-refractivity contribution in [2.75, 3.05) is 20.3 Å². The summed E-state index contributed by atoms with van der Waals surface area (Å²) in [6.07, 6.45) is -0.586. The number of nitrogens with zero attached hydrogens (tertiary/aromatic N) is 1. The SMILES string of the molecule is COC[C@H](NC(=O)c1nc(CNC(=O)OCC2c3ccccc3-c3ccccc32)sc1C)C(=O)O. The van der Waals surface area contributed by atoms with Crippen LogP contribution >= 0.6 is 11.3 Å². The van der Waals surface area contributed by atoms with Crippen LogP contribution in [-0.4, -0.2) is 54.4 Å². The van der Waals surface area contributed by atoms with Crippen LogP contribution < -0.4 is 10.6 Å². The molecule has 10 heteroatoms. The van der Waals surface area contributed by atoms with Gasteiger partial charge in [-0.25, -0.2) is 14.6 Å². The van der Waals surface area contributed by atoms with Crippen LogP contribution in [0.4, 0.5) is 4.79 Å². The van der Waals surface area contributed by atoms with Crippen molar-refractivity contribution < 1.29 is 29.0 Å². The first-order valence-electron chi connectivity index (χ1n) is 11.0. The third-order valence-electron chi connectivity index (χ3n) is 5.72. The number of ether oxygens (including phenoxy) is 2. The summed E-state index contributed by atoms with van der Waals surface area (Å²) in [6, 6.07) is 15.0. The molecule has 1 atom stereocenters. The van der Waals surface area contributed by atoms with Crippen LogP contribution in [-0.2, 0) is 20.8 Å². The quantitative estimate of drug-likeness (QED) is 0.416. The second kappa shape index (κ2) is 10.7. The van der Waals surface area contributed by atoms with Crippen LogP contribution in [0.1, 0.15) is 37.4 Å². The van der Waals surface area contributed by atoms with Crippen molar-refractivity contribution in [3.63, 3.8) is 0 Å². The van der Waals surface area contributed by atoms with Crippen LogP contribution in [0.15, 0.2) is 48.5 Å². The molecule has 182 valence electrons. The van der Waals surface area contributed by atoms with Crippen molar-refractivity contribution in [1.29, 1.82) is 0 Å². The maximum Gasteiger partial charge on any atom is 0.407 e. The molecule has 0 spiro atoms. The summed E-state index contributed by atoms with van der Waals surface area (Å²) >= 11 is 1.24. The molecule has 1 aliphatic carbocycles. The topological polar surface area (TPSA) is 127 Å². The number of amides is 2. The fourth-order valence-electron chi connectivity index (χ4n) is 4.10. The lowest BCUT2D eigenvalue weighted by molar-refractivity contribution is -0.140. The average Bonchev–Trinajstić information content (AvgIpc) is 3.38. The molecule has 0 fully saturated rings. The van der Waals surface area contributed by atoms with E-state index in [1.165, 1.54) is 18.4 Å². The lowest BCUT2D eigenvalue weighted by atomic mass is 9.98. The molecule has 9 nitrogen and oxygen atoms in total. The van der Waals surface area contributed by atoms with E-state index in [0.29, 0.717) is 9.88 Å². The van der Waals surface area contributed by atoms with Gasteiger partial charge in [0.1, 0.15) is 17.3 Å². The summed E-state index contributed by atoms with van der Waals surface area (Å²) in [4.78, 5) is 41.0. The number of nitrogens with one attached hydrogen (secondary N) is 2. The molecular weight excluding hydrogens is 470 g/mol. The molecule has 0 aliphatic heterocycles. The number of aromatic nitrogens is 1. The number of aliphatic carboxylic acids is 1. The van der Waals surface area contributed by atoms with E-state index in [1.807, 2.05) is 36.4 Å². The molecule has 0 saturated carbocycles. The Morgan fingerprint density at radius 1 is 1.09 bits per heavy atom. The molecule has 3 N–H and O–H groups in total. The first-order valence-corrected chi connectivity index (χ1v) is 11.8. The van der Waals surface area contributed by atoms with E-state index >= 15 is 0 Å². The minimum Gasteiger partial charge on any atom is -0.480 e. The van der Waals surface area contributed by atoms with Crippen LogP contribution in [0, 0.1) is 6.92 Å². The molecule has 0 unspecified atom stereocenters. The van der Waals surface area contributed by atoms with Gasteiger partial charge in [0.05, 0.1) is 13.2 Å². The van der Waals surface area contributed by atoms with Crippen molar-refractivity contribution in [1.82, 2.24) is 15.6 Å². The van der Waals surface area contributed by atoms with Crippen molar-refractivity contribution in [3.05, 3.63) is 75.2 Å². The molecule has 3 aromatic rings. The Labute approximate surface area is 206 Å². The Balaban J connectivity index is 1.34. The molecule has 1 heterocycles. The van der Waals surface area contributed by atoms with Gasteiger partial charge in [-0.1, -0.05) is 48.5 Å². The minimum atomic E-state index is -1.20. The highest BCUT2D eigenvalue weighted by molar-refractivity contribution is 7.11. The summed E-state index contributed by atoms with van der Waals surface area (Å²) in [6.45, 7) is 1.81. The third kappa shape index (κ3) is 5.33. The maximum absolute atomic E-state index is 12.5. The van der Waals surface area contributed by atoms with Gasteiger partial charge in [0.25, 0.3) is 5.91 Å². The Bertz CT molecular complexity index is 1210. The standard InChI is InChI=1S/C25H25N3O6S/c1-14-22(23(29)27-20(13-33-2)24(30)31)28-21(35-14)11-26-25(32)34-12-19-17-9-5-3-7-15(17)16-8-4-6-10-18(16)19/h3-10,19-20H,11-13H2,1-2H3,(H,26,32)(H,27,29)(H,30,31)/t20-/m0/s1. The van der Waals surface area contributed by atoms with Gasteiger partial charge in [-0.15, -0.1) is 11.3 Å². The van der Waals surface area contributed by atoms with E-state index < -0.39 is 24.0 Å². The molecule has 1 aromatic heterocycles. The van der Waals surface area contributed by atoms with Gasteiger partial charge in [-0.05, 0) is 29.2 Å². The molecular formula is C25H25N3O6S. The predicted molar refractivity (Wildman–Crippen MR) is 130 cm³/mol. The number of carboxylic acids is 1. The largest absolute Gasteiger partial charge is 0.480 e. The minimum absolute atomic E-state index is 0.0418. The summed E-state index contributed by atoms with van der Waals surface area (Å²) < 4.78 is 10.3. The normalized spacial score (nSPS) is 13.0. The Kier molecular flexibility index (Phi) is 7.42. The van der Waals surface area contributed by atoms with E-state index in [2.05, 4.69) is 27.8 Å². The molecule has 0 saturated heterocycles. The lowest BCUT2D eigenvalue weighted by Crippen LogP contribution is -2.44. The van der Waals surface area contributed by atoms with Gasteiger partial charge in [-0.2, -0.15) is 0 Å². The fourth-order valence-corrected chi connectivity index (χ4v) is 4.97. The Morgan fingerprint density at radius 3 is 2.31 bits per heavy atom. The number of thiazole rings is 1. The van der Waals surface area contributed by atoms with Gasteiger partial charge >= 0.3 is 12.1 Å². The smallest absolute Gasteiger partial charge is 0.407 e. The zero-order valence-corrected chi connectivity index (χ0v) is 20.1. The number of hydrogen-bond donors (Lipinski definition) is 3. The number of carbonyl (C=O) groups excluding carboxylic acids is 2. The zero-order valence-electron chi connectivity index (χ0n) is 19.2. The van der Waals surface area contributed by atoms with Crippen molar-refractivity contribution >= 4 is 29.3 Å². The number of fused-ring (bicyclic) bond motifs is 3. The number of carbonyl (C=O) groups is 3. The highest BCUT2D eigenvalue weighted by Crippen LogP contribution is 2.44. The van der Waals surface area contributed by atoms with Crippen LogP contribution in [0.5, 0.6) is 0 Å². The van der Waals surface area contributed by atoms with Gasteiger partial charge < -0.3 is 25.2 Å². The Morgan fingerprint density at radius 2 is 1.71 bits per heavy atom. The zero-order chi connectivity index (χ0) is 24.9. The van der Waals surface area contributed by atoms with Gasteiger partial charge in [0.15, 0.2) is 6.04 Å². The number of aryl methyl sites for hydroxylation is 1. The maximum atomic E-state index is 12.5. The van der Waals surface area contributed by atoms with Gasteiger partial charge in [0.2, 0.25) is 0 Å². The average molecular weight is 496 g/mol. The summed E-state index contributed by atoms with van der Waals surface area (Å²) in [5.74, 6) is -1.86. The van der Waals surface area contributed by atoms with Crippen LogP contribution in [0.25, 0.3) is 11.1 Å². The first-order chi connectivity index (χ1) is 16.9. The molecule has 4 rings (SSSR count). The van der Waals surface area contributed by atoms with Crippen LogP contribution in [0.3, 0.4) is 0 Å². The molecule has 2 amide bonds. The third-order valence-corrected chi connectivity index (χ3v) is 6.69. The van der Waals surface area contributed by atoms with E-state index in [-0.39, 0.29) is 31.4 Å². The fraction of sp³-hybridized carbons (Fsp3) is 0.280. The predicted octanol–water partition coefficient (Wildman–Crippen LogP) is 3.32. The van der Waals surface area contributed by atoms with Gasteiger partial charge in [0, 0.05) is 17.9 Å². The Hall–Kier alpha value is -3.76. The molecule has 35 heavy (non-hydrogen) atoms. The highest BCUT2D eigenvalue weighted by Gasteiger charge is 2.29. The van der Waals surface area contributed by atoms with Crippen LogP contribution in [0.2, 0.25) is 0 Å². The molecule has 0 radical (unpaired) electrons. The second-order valence-corrected chi connectivity index (χ2v) is 9.30. The van der Waals surface area contributed by atoms with Gasteiger partial charge in [-0.3, -0.25) is 4.79 Å². The van der Waals surface area contributed by atoms with E-state index in [1.54, 1.807) is 6.92 Å². The van der Waals surface area contributed by atoms with E-state index in [0.717, 1.165) is 22.3 Å². The summed E-state index contributed by atoms with van der Waals surface area (Å²) in [7, 11) is 1.35. The van der Waals surface area contributed by atoms with Crippen molar-refractivity contribution in [3.8, 4) is 11.1 Å². The van der Waals surface area contributed by atoms with Crippen molar-refractivity contribution in [2.24, 2.45) is 0 Å². The molecule has 2 aromatic carbocycles. The number of benzene rings is 2. The summed E-state index contributed by atoms with van der Waals surface area (Å²) in [5.41, 5.74) is 4.66.